The minimum atomic E-state index is -0.291. The average molecular weight is 478 g/mol. The number of halogens is 1. The van der Waals surface area contributed by atoms with Crippen molar-refractivity contribution < 1.29 is 4.79 Å². The van der Waals surface area contributed by atoms with E-state index in [9.17, 15) is 4.79 Å². The zero-order valence-electron chi connectivity index (χ0n) is 18.9. The summed E-state index contributed by atoms with van der Waals surface area (Å²) in [7, 11) is 7.13. The summed E-state index contributed by atoms with van der Waals surface area (Å²) in [6.07, 6.45) is 10.9. The lowest BCUT2D eigenvalue weighted by Gasteiger charge is -2.29. The molecule has 0 aromatic heterocycles. The highest BCUT2D eigenvalue weighted by Crippen LogP contribution is 2.20. The molecule has 7 heteroatoms. The van der Waals surface area contributed by atoms with Crippen LogP contribution in [0, 0.1) is 5.41 Å². The van der Waals surface area contributed by atoms with Gasteiger partial charge in [-0.3, -0.25) is 15.1 Å². The van der Waals surface area contributed by atoms with E-state index in [4.69, 9.17) is 5.41 Å². The maximum Gasteiger partial charge on any atom is 0.271 e. The van der Waals surface area contributed by atoms with Crippen molar-refractivity contribution in [3.05, 3.63) is 58.2 Å². The third-order valence-electron chi connectivity index (χ3n) is 4.82. The number of amides is 1. The summed E-state index contributed by atoms with van der Waals surface area (Å²) in [6, 6.07) is 0.0344. The van der Waals surface area contributed by atoms with Gasteiger partial charge in [-0.1, -0.05) is 58.0 Å². The van der Waals surface area contributed by atoms with Gasteiger partial charge in [-0.25, -0.2) is 0 Å². The third kappa shape index (κ3) is 8.92. The van der Waals surface area contributed by atoms with Crippen molar-refractivity contribution in [3.63, 3.8) is 0 Å². The van der Waals surface area contributed by atoms with E-state index in [-0.39, 0.29) is 17.7 Å². The standard InChI is InChI=1S/C23H36BrN5O/c1-17(15-18(2)20(24)9-12-26-3)16-29-13-10-19(11-14-29)22(27-4)8-7-21(25)23(30)28(5)6/h7-10,15,22,25-27H,2,11-14,16H2,1,3-6H3/b8-7-,17-15+,20-9+,25-21?. The number of nitrogens with zero attached hydrogens (tertiary/aromatic N) is 2. The van der Waals surface area contributed by atoms with Crippen LogP contribution in [0.4, 0.5) is 0 Å². The third-order valence-corrected chi connectivity index (χ3v) is 5.65. The first-order valence-electron chi connectivity index (χ1n) is 10.1. The highest BCUT2D eigenvalue weighted by molar-refractivity contribution is 9.12. The van der Waals surface area contributed by atoms with E-state index >= 15 is 0 Å². The number of hydrogen-bond donors (Lipinski definition) is 3. The van der Waals surface area contributed by atoms with Crippen LogP contribution in [0.3, 0.4) is 0 Å². The molecule has 30 heavy (non-hydrogen) atoms. The van der Waals surface area contributed by atoms with Crippen LogP contribution < -0.4 is 10.6 Å². The number of likely N-dealkylation sites (N-methyl/N-ethyl adjacent to an activating group) is 2. The Morgan fingerprint density at radius 1 is 1.43 bits per heavy atom. The number of rotatable bonds is 11. The summed E-state index contributed by atoms with van der Waals surface area (Å²) in [6.45, 7) is 9.82. The van der Waals surface area contributed by atoms with E-state index in [1.165, 1.54) is 16.0 Å². The number of allylic oxidation sites excluding steroid dienone is 3. The molecule has 0 aromatic carbocycles. The van der Waals surface area contributed by atoms with Gasteiger partial charge in [-0.15, -0.1) is 0 Å². The number of carbonyl (C=O) groups is 1. The molecule has 0 radical (unpaired) electrons. The van der Waals surface area contributed by atoms with Crippen molar-refractivity contribution >= 4 is 27.5 Å². The van der Waals surface area contributed by atoms with Gasteiger partial charge < -0.3 is 15.5 Å². The molecule has 166 valence electrons. The van der Waals surface area contributed by atoms with Gasteiger partial charge in [0.05, 0.1) is 0 Å². The predicted molar refractivity (Wildman–Crippen MR) is 131 cm³/mol. The molecule has 3 N–H and O–H groups in total. The van der Waals surface area contributed by atoms with Gasteiger partial charge in [0, 0.05) is 50.8 Å². The highest BCUT2D eigenvalue weighted by Gasteiger charge is 2.17. The van der Waals surface area contributed by atoms with Crippen LogP contribution in [0.1, 0.15) is 13.3 Å². The summed E-state index contributed by atoms with van der Waals surface area (Å²) in [5.74, 6) is -0.291. The SMILES string of the molecule is C=C(/C=C(\C)CN1CC=C(C(/C=C\C(=N)C(=O)N(C)C)NC)CC1)/C(Br)=C\CNC. The molecule has 1 aliphatic heterocycles. The monoisotopic (exact) mass is 477 g/mol. The van der Waals surface area contributed by atoms with Crippen LogP contribution in [-0.2, 0) is 4.79 Å². The topological polar surface area (TPSA) is 71.5 Å². The minimum absolute atomic E-state index is 0.00537. The molecule has 1 atom stereocenters. The molecule has 1 heterocycles. The van der Waals surface area contributed by atoms with E-state index in [2.05, 4.69) is 63.2 Å². The van der Waals surface area contributed by atoms with E-state index < -0.39 is 0 Å². The van der Waals surface area contributed by atoms with E-state index in [1.807, 2.05) is 20.2 Å². The van der Waals surface area contributed by atoms with Gasteiger partial charge in [0.25, 0.3) is 5.91 Å². The fraction of sp³-hybridized carbons (Fsp3) is 0.478. The lowest BCUT2D eigenvalue weighted by molar-refractivity contribution is -0.121. The molecule has 0 saturated heterocycles. The largest absolute Gasteiger partial charge is 0.343 e. The Balaban J connectivity index is 2.67. The van der Waals surface area contributed by atoms with Crippen molar-refractivity contribution in [1.82, 2.24) is 20.4 Å². The van der Waals surface area contributed by atoms with Crippen LogP contribution in [0.15, 0.2) is 58.2 Å². The van der Waals surface area contributed by atoms with Crippen molar-refractivity contribution in [2.75, 3.05) is 54.4 Å². The predicted octanol–water partition coefficient (Wildman–Crippen LogP) is 2.87. The van der Waals surface area contributed by atoms with Crippen LogP contribution in [-0.4, -0.2) is 81.8 Å². The van der Waals surface area contributed by atoms with Crippen LogP contribution in [0.5, 0.6) is 0 Å². The van der Waals surface area contributed by atoms with Gasteiger partial charge >= 0.3 is 0 Å². The molecule has 6 nitrogen and oxygen atoms in total. The maximum atomic E-state index is 11.8. The van der Waals surface area contributed by atoms with Crippen molar-refractivity contribution in [2.45, 2.75) is 19.4 Å². The van der Waals surface area contributed by atoms with Crippen LogP contribution in [0.2, 0.25) is 0 Å². The smallest absolute Gasteiger partial charge is 0.271 e. The van der Waals surface area contributed by atoms with E-state index in [1.54, 1.807) is 20.2 Å². The average Bonchev–Trinajstić information content (AvgIpc) is 2.72. The molecule has 0 fully saturated rings. The fourth-order valence-electron chi connectivity index (χ4n) is 3.15. The highest BCUT2D eigenvalue weighted by atomic mass is 79.9. The van der Waals surface area contributed by atoms with Gasteiger partial charge in [0.15, 0.2) is 0 Å². The fourth-order valence-corrected chi connectivity index (χ4v) is 3.43. The quantitative estimate of drug-likeness (QED) is 0.243. The van der Waals surface area contributed by atoms with Gasteiger partial charge in [0.2, 0.25) is 0 Å². The molecule has 0 bridgehead atoms. The first-order chi connectivity index (χ1) is 14.2. The molecule has 1 unspecified atom stereocenters. The normalized spacial score (nSPS) is 17.1. The van der Waals surface area contributed by atoms with Gasteiger partial charge in [0.1, 0.15) is 5.71 Å². The number of carbonyl (C=O) groups excluding carboxylic acids is 1. The Morgan fingerprint density at radius 3 is 2.67 bits per heavy atom. The lowest BCUT2D eigenvalue weighted by Crippen LogP contribution is -2.35. The second-order valence-electron chi connectivity index (χ2n) is 7.63. The summed E-state index contributed by atoms with van der Waals surface area (Å²) in [4.78, 5) is 15.6. The molecule has 0 saturated carbocycles. The minimum Gasteiger partial charge on any atom is -0.343 e. The van der Waals surface area contributed by atoms with Gasteiger partial charge in [-0.05, 0) is 39.1 Å². The Hall–Kier alpha value is -1.80. The Labute approximate surface area is 190 Å². The summed E-state index contributed by atoms with van der Waals surface area (Å²) in [5, 5.41) is 14.2. The van der Waals surface area contributed by atoms with Crippen molar-refractivity contribution in [1.29, 1.82) is 5.41 Å². The molecule has 1 aliphatic rings. The molecule has 0 aliphatic carbocycles. The molecule has 0 aromatic rings. The van der Waals surface area contributed by atoms with Crippen molar-refractivity contribution in [2.24, 2.45) is 0 Å². The Kier molecular flexibility index (Phi) is 11.8. The van der Waals surface area contributed by atoms with E-state index in [0.717, 1.165) is 42.7 Å². The molecular weight excluding hydrogens is 442 g/mol. The first-order valence-corrected chi connectivity index (χ1v) is 10.9. The zero-order valence-corrected chi connectivity index (χ0v) is 20.5. The lowest BCUT2D eigenvalue weighted by atomic mass is 9.98. The summed E-state index contributed by atoms with van der Waals surface area (Å²) >= 11 is 3.57. The second kappa shape index (κ2) is 13.5. The van der Waals surface area contributed by atoms with E-state index in [0.29, 0.717) is 0 Å². The molecular formula is C23H36BrN5O. The van der Waals surface area contributed by atoms with Crippen LogP contribution in [0.25, 0.3) is 0 Å². The Morgan fingerprint density at radius 2 is 2.13 bits per heavy atom. The molecule has 1 rings (SSSR count). The number of nitrogens with one attached hydrogen (secondary N) is 3. The zero-order chi connectivity index (χ0) is 22.7. The Bertz CT molecular complexity index is 749. The first kappa shape index (κ1) is 26.2. The molecule has 0 spiro atoms. The summed E-state index contributed by atoms with van der Waals surface area (Å²) in [5.41, 5.74) is 3.53. The molecule has 1 amide bonds. The summed E-state index contributed by atoms with van der Waals surface area (Å²) < 4.78 is 1.01. The maximum absolute atomic E-state index is 11.8. The van der Waals surface area contributed by atoms with Gasteiger partial charge in [-0.2, -0.15) is 0 Å². The van der Waals surface area contributed by atoms with Crippen LogP contribution >= 0.6 is 15.9 Å². The number of hydrogen-bond acceptors (Lipinski definition) is 5. The second-order valence-corrected chi connectivity index (χ2v) is 8.48. The van der Waals surface area contributed by atoms with Crippen molar-refractivity contribution in [3.8, 4) is 0 Å².